The van der Waals surface area contributed by atoms with Gasteiger partial charge in [0.2, 0.25) is 0 Å². The number of piperidine rings is 1. The smallest absolute Gasteiger partial charge is 0.313 e. The van der Waals surface area contributed by atoms with E-state index < -0.39 is 11.4 Å². The number of methoxy groups -OCH3 is 1. The number of rotatable bonds is 4. The number of likely N-dealkylation sites (tertiary alicyclic amines) is 1. The zero-order valence-electron chi connectivity index (χ0n) is 13.5. The number of carbonyl (C=O) groups is 2. The molecule has 1 amide bonds. The predicted molar refractivity (Wildman–Crippen MR) is 88.0 cm³/mol. The molecular formula is C17H23NO4S. The number of aryl methyl sites for hydroxylation is 1. The molecule has 2 heterocycles. The zero-order chi connectivity index (χ0) is 16.4. The SMILES string of the molecule is COCC1(C(=O)O)CCCN(C(=O)c2csc3c2CCCC3)C1. The lowest BCUT2D eigenvalue weighted by molar-refractivity contribution is -0.155. The lowest BCUT2D eigenvalue weighted by Gasteiger charge is -2.39. The Labute approximate surface area is 140 Å². The molecule has 0 radical (unpaired) electrons. The topological polar surface area (TPSA) is 66.8 Å². The van der Waals surface area contributed by atoms with Gasteiger partial charge in [-0.05, 0) is 44.1 Å². The van der Waals surface area contributed by atoms with E-state index in [4.69, 9.17) is 4.74 Å². The largest absolute Gasteiger partial charge is 0.481 e. The molecule has 1 unspecified atom stereocenters. The summed E-state index contributed by atoms with van der Waals surface area (Å²) in [5.41, 5.74) is 1.02. The third kappa shape index (κ3) is 3.02. The van der Waals surface area contributed by atoms with Crippen LogP contribution in [0.25, 0.3) is 0 Å². The van der Waals surface area contributed by atoms with Crippen molar-refractivity contribution in [1.29, 1.82) is 0 Å². The highest BCUT2D eigenvalue weighted by molar-refractivity contribution is 7.10. The molecule has 1 saturated heterocycles. The van der Waals surface area contributed by atoms with Crippen molar-refractivity contribution in [3.05, 3.63) is 21.4 Å². The van der Waals surface area contributed by atoms with Crippen LogP contribution in [0.1, 0.15) is 46.5 Å². The van der Waals surface area contributed by atoms with Gasteiger partial charge >= 0.3 is 5.97 Å². The van der Waals surface area contributed by atoms with E-state index in [1.807, 2.05) is 5.38 Å². The van der Waals surface area contributed by atoms with E-state index in [2.05, 4.69) is 0 Å². The van der Waals surface area contributed by atoms with E-state index >= 15 is 0 Å². The first-order valence-corrected chi connectivity index (χ1v) is 9.06. The van der Waals surface area contributed by atoms with Gasteiger partial charge in [-0.3, -0.25) is 9.59 Å². The molecule has 1 fully saturated rings. The van der Waals surface area contributed by atoms with Crippen molar-refractivity contribution in [3.8, 4) is 0 Å². The van der Waals surface area contributed by atoms with Gasteiger partial charge in [0.05, 0.1) is 12.2 Å². The second-order valence-corrected chi connectivity index (χ2v) is 7.57. The van der Waals surface area contributed by atoms with Crippen LogP contribution in [0.15, 0.2) is 5.38 Å². The van der Waals surface area contributed by atoms with Crippen LogP contribution in [0.2, 0.25) is 0 Å². The predicted octanol–water partition coefficient (Wildman–Crippen LogP) is 2.58. The quantitative estimate of drug-likeness (QED) is 0.917. The second kappa shape index (κ2) is 6.61. The van der Waals surface area contributed by atoms with Crippen LogP contribution in [0, 0.1) is 5.41 Å². The molecule has 23 heavy (non-hydrogen) atoms. The van der Waals surface area contributed by atoms with Crippen molar-refractivity contribution in [3.63, 3.8) is 0 Å². The van der Waals surface area contributed by atoms with Crippen LogP contribution < -0.4 is 0 Å². The van der Waals surface area contributed by atoms with Crippen molar-refractivity contribution >= 4 is 23.2 Å². The molecule has 0 bridgehead atoms. The number of carbonyl (C=O) groups excluding carboxylic acids is 1. The number of thiophene rings is 1. The lowest BCUT2D eigenvalue weighted by Crippen LogP contribution is -2.52. The maximum atomic E-state index is 12.9. The molecule has 1 N–H and O–H groups in total. The molecule has 126 valence electrons. The van der Waals surface area contributed by atoms with Gasteiger partial charge in [0.25, 0.3) is 5.91 Å². The van der Waals surface area contributed by atoms with Crippen LogP contribution in [-0.4, -0.2) is 48.7 Å². The highest BCUT2D eigenvalue weighted by atomic mass is 32.1. The molecule has 0 spiro atoms. The average Bonchev–Trinajstić information content (AvgIpc) is 2.98. The number of carboxylic acid groups (broad SMARTS) is 1. The summed E-state index contributed by atoms with van der Waals surface area (Å²) in [4.78, 5) is 27.7. The third-order valence-electron chi connectivity index (χ3n) is 5.03. The Morgan fingerprint density at radius 1 is 1.35 bits per heavy atom. The number of ether oxygens (including phenoxy) is 1. The average molecular weight is 337 g/mol. The van der Waals surface area contributed by atoms with Crippen molar-refractivity contribution < 1.29 is 19.4 Å². The maximum Gasteiger partial charge on any atom is 0.313 e. The van der Waals surface area contributed by atoms with Gasteiger partial charge in [0, 0.05) is 30.5 Å². The number of nitrogens with zero attached hydrogens (tertiary/aromatic N) is 1. The van der Waals surface area contributed by atoms with Crippen LogP contribution in [0.4, 0.5) is 0 Å². The summed E-state index contributed by atoms with van der Waals surface area (Å²) >= 11 is 1.67. The van der Waals surface area contributed by atoms with Gasteiger partial charge in [-0.2, -0.15) is 0 Å². The minimum absolute atomic E-state index is 0.00849. The van der Waals surface area contributed by atoms with E-state index in [1.54, 1.807) is 16.2 Å². The third-order valence-corrected chi connectivity index (χ3v) is 6.12. The molecule has 1 aromatic rings. The number of fused-ring (bicyclic) bond motifs is 1. The minimum atomic E-state index is -0.973. The van der Waals surface area contributed by atoms with Crippen LogP contribution >= 0.6 is 11.3 Å². The summed E-state index contributed by atoms with van der Waals surface area (Å²) in [7, 11) is 1.51. The molecule has 0 aromatic carbocycles. The Hall–Kier alpha value is -1.40. The first kappa shape index (κ1) is 16.5. The summed E-state index contributed by atoms with van der Waals surface area (Å²) in [6, 6.07) is 0. The maximum absolute atomic E-state index is 12.9. The Kier molecular flexibility index (Phi) is 4.73. The first-order valence-electron chi connectivity index (χ1n) is 8.18. The molecule has 1 aliphatic heterocycles. The molecular weight excluding hydrogens is 314 g/mol. The van der Waals surface area contributed by atoms with Crippen LogP contribution in [0.3, 0.4) is 0 Å². The van der Waals surface area contributed by atoms with Crippen molar-refractivity contribution in [2.45, 2.75) is 38.5 Å². The fourth-order valence-corrected chi connectivity index (χ4v) is 4.90. The van der Waals surface area contributed by atoms with Crippen molar-refractivity contribution in [1.82, 2.24) is 4.90 Å². The van der Waals surface area contributed by atoms with Gasteiger partial charge in [-0.1, -0.05) is 0 Å². The Balaban J connectivity index is 1.82. The summed E-state index contributed by atoms with van der Waals surface area (Å²) < 4.78 is 5.14. The molecule has 1 aliphatic carbocycles. The number of hydrogen-bond acceptors (Lipinski definition) is 4. The van der Waals surface area contributed by atoms with E-state index in [9.17, 15) is 14.7 Å². The number of amides is 1. The molecule has 1 atom stereocenters. The first-order chi connectivity index (χ1) is 11.1. The zero-order valence-corrected chi connectivity index (χ0v) is 14.3. The van der Waals surface area contributed by atoms with E-state index in [1.165, 1.54) is 24.0 Å². The Morgan fingerprint density at radius 2 is 2.13 bits per heavy atom. The number of carboxylic acids is 1. The standard InChI is InChI=1S/C17H23NO4S/c1-22-11-17(16(20)21)7-4-8-18(10-17)15(19)13-9-23-14-6-3-2-5-12(13)14/h9H,2-8,10-11H2,1H3,(H,20,21). The van der Waals surface area contributed by atoms with Gasteiger partial charge in [0.1, 0.15) is 5.41 Å². The van der Waals surface area contributed by atoms with Crippen molar-refractivity contribution in [2.75, 3.05) is 26.8 Å². The minimum Gasteiger partial charge on any atom is -0.481 e. The fourth-order valence-electron chi connectivity index (χ4n) is 3.78. The van der Waals surface area contributed by atoms with E-state index in [0.717, 1.165) is 24.8 Å². The molecule has 3 rings (SSSR count). The lowest BCUT2D eigenvalue weighted by atomic mass is 9.80. The highest BCUT2D eigenvalue weighted by Gasteiger charge is 2.44. The van der Waals surface area contributed by atoms with Gasteiger partial charge in [-0.25, -0.2) is 0 Å². The van der Waals surface area contributed by atoms with Gasteiger partial charge in [0.15, 0.2) is 0 Å². The van der Waals surface area contributed by atoms with E-state index in [-0.39, 0.29) is 19.1 Å². The van der Waals surface area contributed by atoms with Crippen molar-refractivity contribution in [2.24, 2.45) is 5.41 Å². The summed E-state index contributed by atoms with van der Waals surface area (Å²) in [6.07, 6.45) is 5.62. The molecule has 5 nitrogen and oxygen atoms in total. The Bertz CT molecular complexity index is 608. The summed E-state index contributed by atoms with van der Waals surface area (Å²) in [5.74, 6) is -0.880. The molecule has 0 saturated carbocycles. The normalized spacial score (nSPS) is 24.3. The number of aliphatic carboxylic acids is 1. The van der Waals surface area contributed by atoms with Gasteiger partial charge in [-0.15, -0.1) is 11.3 Å². The molecule has 6 heteroatoms. The number of hydrogen-bond donors (Lipinski definition) is 1. The highest BCUT2D eigenvalue weighted by Crippen LogP contribution is 2.34. The Morgan fingerprint density at radius 3 is 2.87 bits per heavy atom. The fraction of sp³-hybridized carbons (Fsp3) is 0.647. The monoisotopic (exact) mass is 337 g/mol. The second-order valence-electron chi connectivity index (χ2n) is 6.61. The molecule has 2 aliphatic rings. The van der Waals surface area contributed by atoms with Crippen LogP contribution in [-0.2, 0) is 22.4 Å². The van der Waals surface area contributed by atoms with E-state index in [0.29, 0.717) is 19.4 Å². The van der Waals surface area contributed by atoms with Crippen LogP contribution in [0.5, 0.6) is 0 Å². The summed E-state index contributed by atoms with van der Waals surface area (Å²) in [6.45, 7) is 1.01. The van der Waals surface area contributed by atoms with Gasteiger partial charge < -0.3 is 14.7 Å². The molecule has 1 aromatic heterocycles. The summed E-state index contributed by atoms with van der Waals surface area (Å²) in [5, 5.41) is 11.6.